The molecule has 3 heteroatoms. The van der Waals surface area contributed by atoms with Gasteiger partial charge in [0.25, 0.3) is 0 Å². The van der Waals surface area contributed by atoms with Crippen LogP contribution in [0.3, 0.4) is 0 Å². The monoisotopic (exact) mass is 184 g/mol. The first kappa shape index (κ1) is 7.37. The zero-order chi connectivity index (χ0) is 7.84. The summed E-state index contributed by atoms with van der Waals surface area (Å²) in [6.45, 7) is 0. The van der Waals surface area contributed by atoms with Crippen LogP contribution in [0.5, 0.6) is 5.75 Å². The standard InChI is InChI=1S/C8H8OS2/c10-7-3-1-2-6-5(7)4-8(11)9-6/h1-3,8,10-11H,4H2. The number of thiol groups is 2. The topological polar surface area (TPSA) is 9.23 Å². The third-order valence-electron chi connectivity index (χ3n) is 1.75. The summed E-state index contributed by atoms with van der Waals surface area (Å²) < 4.78 is 5.40. The maximum atomic E-state index is 5.40. The maximum Gasteiger partial charge on any atom is 0.145 e. The van der Waals surface area contributed by atoms with Gasteiger partial charge in [-0.2, -0.15) is 0 Å². The third-order valence-corrected chi connectivity index (χ3v) is 2.46. The van der Waals surface area contributed by atoms with Crippen molar-refractivity contribution in [3.8, 4) is 5.75 Å². The average Bonchev–Trinajstić information content (AvgIpc) is 2.31. The molecule has 1 aromatic carbocycles. The number of hydrogen-bond donors (Lipinski definition) is 2. The lowest BCUT2D eigenvalue weighted by Crippen LogP contribution is -2.01. The average molecular weight is 184 g/mol. The molecule has 0 radical (unpaired) electrons. The van der Waals surface area contributed by atoms with E-state index in [9.17, 15) is 0 Å². The van der Waals surface area contributed by atoms with Crippen molar-refractivity contribution in [3.05, 3.63) is 23.8 Å². The molecule has 0 fully saturated rings. The molecule has 0 saturated carbocycles. The van der Waals surface area contributed by atoms with E-state index in [4.69, 9.17) is 4.74 Å². The van der Waals surface area contributed by atoms with Crippen LogP contribution in [0.4, 0.5) is 0 Å². The van der Waals surface area contributed by atoms with Crippen molar-refractivity contribution in [2.45, 2.75) is 16.8 Å². The van der Waals surface area contributed by atoms with Gasteiger partial charge in [0.1, 0.15) is 11.2 Å². The Labute approximate surface area is 76.6 Å². The molecule has 11 heavy (non-hydrogen) atoms. The summed E-state index contributed by atoms with van der Waals surface area (Å²) in [4.78, 5) is 0.999. The summed E-state index contributed by atoms with van der Waals surface area (Å²) in [5.74, 6) is 0.928. The zero-order valence-electron chi connectivity index (χ0n) is 5.82. The molecule has 0 bridgehead atoms. The predicted molar refractivity (Wildman–Crippen MR) is 50.8 cm³/mol. The molecule has 0 aliphatic carbocycles. The van der Waals surface area contributed by atoms with Crippen LogP contribution in [0.2, 0.25) is 0 Å². The predicted octanol–water partition coefficient (Wildman–Crippen LogP) is 2.17. The smallest absolute Gasteiger partial charge is 0.145 e. The fraction of sp³-hybridized carbons (Fsp3) is 0.250. The van der Waals surface area contributed by atoms with Gasteiger partial charge in [-0.25, -0.2) is 0 Å². The van der Waals surface area contributed by atoms with Crippen LogP contribution in [0.15, 0.2) is 23.1 Å². The maximum absolute atomic E-state index is 5.40. The molecule has 2 rings (SSSR count). The summed E-state index contributed by atoms with van der Waals surface area (Å²) >= 11 is 8.54. The fourth-order valence-electron chi connectivity index (χ4n) is 1.23. The van der Waals surface area contributed by atoms with Gasteiger partial charge in [0, 0.05) is 16.9 Å². The van der Waals surface area contributed by atoms with Gasteiger partial charge in [0.15, 0.2) is 0 Å². The Kier molecular flexibility index (Phi) is 1.77. The first-order valence-electron chi connectivity index (χ1n) is 3.43. The molecular weight excluding hydrogens is 176 g/mol. The first-order valence-corrected chi connectivity index (χ1v) is 4.39. The lowest BCUT2D eigenvalue weighted by Gasteiger charge is -2.00. The van der Waals surface area contributed by atoms with Crippen molar-refractivity contribution in [1.82, 2.24) is 0 Å². The van der Waals surface area contributed by atoms with Crippen molar-refractivity contribution in [3.63, 3.8) is 0 Å². The van der Waals surface area contributed by atoms with Crippen LogP contribution in [-0.4, -0.2) is 5.44 Å². The molecule has 1 aromatic rings. The Balaban J connectivity index is 2.49. The summed E-state index contributed by atoms with van der Waals surface area (Å²) in [6, 6.07) is 5.86. The zero-order valence-corrected chi connectivity index (χ0v) is 7.61. The van der Waals surface area contributed by atoms with Crippen molar-refractivity contribution in [2.75, 3.05) is 0 Å². The summed E-state index contributed by atoms with van der Waals surface area (Å²) in [6.07, 6.45) is 0.859. The van der Waals surface area contributed by atoms with Crippen LogP contribution in [-0.2, 0) is 6.42 Å². The van der Waals surface area contributed by atoms with Crippen molar-refractivity contribution >= 4 is 25.3 Å². The minimum atomic E-state index is 0.0123. The van der Waals surface area contributed by atoms with E-state index >= 15 is 0 Å². The number of ether oxygens (including phenoxy) is 1. The molecule has 0 saturated heterocycles. The van der Waals surface area contributed by atoms with Crippen LogP contribution < -0.4 is 4.74 Å². The van der Waals surface area contributed by atoms with E-state index in [1.54, 1.807) is 0 Å². The number of rotatable bonds is 0. The molecule has 0 spiro atoms. The molecule has 0 N–H and O–H groups in total. The number of hydrogen-bond acceptors (Lipinski definition) is 3. The van der Waals surface area contributed by atoms with Gasteiger partial charge in [-0.05, 0) is 12.1 Å². The lowest BCUT2D eigenvalue weighted by molar-refractivity contribution is 0.325. The third kappa shape index (κ3) is 1.23. The highest BCUT2D eigenvalue weighted by Crippen LogP contribution is 2.33. The van der Waals surface area contributed by atoms with Gasteiger partial charge in [0.2, 0.25) is 0 Å². The second-order valence-corrected chi connectivity index (χ2v) is 3.59. The van der Waals surface area contributed by atoms with E-state index in [0.717, 1.165) is 17.1 Å². The minimum absolute atomic E-state index is 0.0123. The summed E-state index contributed by atoms with van der Waals surface area (Å²) in [5.41, 5.74) is 1.19. The first-order chi connectivity index (χ1) is 5.27. The van der Waals surface area contributed by atoms with Crippen LogP contribution in [0.25, 0.3) is 0 Å². The molecule has 1 aliphatic rings. The van der Waals surface area contributed by atoms with Gasteiger partial charge in [0.05, 0.1) is 0 Å². The summed E-state index contributed by atoms with van der Waals surface area (Å²) in [7, 11) is 0. The second kappa shape index (κ2) is 2.64. The minimum Gasteiger partial charge on any atom is -0.479 e. The normalized spacial score (nSPS) is 21.1. The van der Waals surface area contributed by atoms with Gasteiger partial charge < -0.3 is 4.74 Å². The van der Waals surface area contributed by atoms with E-state index in [2.05, 4.69) is 25.3 Å². The van der Waals surface area contributed by atoms with Crippen molar-refractivity contribution in [2.24, 2.45) is 0 Å². The van der Waals surface area contributed by atoms with E-state index in [1.807, 2.05) is 18.2 Å². The van der Waals surface area contributed by atoms with Crippen LogP contribution in [0.1, 0.15) is 5.56 Å². The Morgan fingerprint density at radius 3 is 3.00 bits per heavy atom. The van der Waals surface area contributed by atoms with E-state index in [1.165, 1.54) is 5.56 Å². The van der Waals surface area contributed by atoms with E-state index in [-0.39, 0.29) is 5.44 Å². The van der Waals surface area contributed by atoms with E-state index in [0.29, 0.717) is 0 Å². The van der Waals surface area contributed by atoms with Gasteiger partial charge >= 0.3 is 0 Å². The largest absolute Gasteiger partial charge is 0.479 e. The molecule has 1 heterocycles. The van der Waals surface area contributed by atoms with Gasteiger partial charge in [-0.1, -0.05) is 6.07 Å². The van der Waals surface area contributed by atoms with E-state index < -0.39 is 0 Å². The quantitative estimate of drug-likeness (QED) is 0.588. The van der Waals surface area contributed by atoms with Crippen LogP contribution in [0, 0.1) is 0 Å². The van der Waals surface area contributed by atoms with Gasteiger partial charge in [-0.3, -0.25) is 0 Å². The van der Waals surface area contributed by atoms with Crippen molar-refractivity contribution < 1.29 is 4.74 Å². The highest BCUT2D eigenvalue weighted by atomic mass is 32.1. The summed E-state index contributed by atoms with van der Waals surface area (Å²) in [5, 5.41) is 0. The van der Waals surface area contributed by atoms with Crippen molar-refractivity contribution in [1.29, 1.82) is 0 Å². The molecule has 1 unspecified atom stereocenters. The Morgan fingerprint density at radius 1 is 1.45 bits per heavy atom. The molecule has 0 amide bonds. The van der Waals surface area contributed by atoms with Crippen LogP contribution >= 0.6 is 25.3 Å². The number of fused-ring (bicyclic) bond motifs is 1. The molecule has 1 atom stereocenters. The SMILES string of the molecule is Sc1cccc2c1CC(S)O2. The second-order valence-electron chi connectivity index (χ2n) is 2.53. The highest BCUT2D eigenvalue weighted by Gasteiger charge is 2.20. The fourth-order valence-corrected chi connectivity index (χ4v) is 1.82. The Hall–Kier alpha value is -0.280. The molecule has 1 nitrogen and oxygen atoms in total. The molecule has 0 aromatic heterocycles. The Morgan fingerprint density at radius 2 is 2.27 bits per heavy atom. The number of benzene rings is 1. The van der Waals surface area contributed by atoms with Gasteiger partial charge in [-0.15, -0.1) is 25.3 Å². The molecule has 58 valence electrons. The molecule has 1 aliphatic heterocycles. The highest BCUT2D eigenvalue weighted by molar-refractivity contribution is 7.81. The molecular formula is C8H8OS2. The lowest BCUT2D eigenvalue weighted by atomic mass is 10.2. The Bertz CT molecular complexity index is 285.